The second kappa shape index (κ2) is 9.85. The summed E-state index contributed by atoms with van der Waals surface area (Å²) in [6.45, 7) is 4.92. The van der Waals surface area contributed by atoms with E-state index in [0.29, 0.717) is 12.5 Å². The largest absolute Gasteiger partial charge is 0.381 e. The van der Waals surface area contributed by atoms with Gasteiger partial charge >= 0.3 is 0 Å². The van der Waals surface area contributed by atoms with Crippen LogP contribution in [0.25, 0.3) is 0 Å². The molecule has 0 radical (unpaired) electrons. The van der Waals surface area contributed by atoms with Gasteiger partial charge in [-0.2, -0.15) is 0 Å². The number of guanidine groups is 1. The Morgan fingerprint density at radius 3 is 2.64 bits per heavy atom. The SMILES string of the molecule is CC(NC(=NCc1ccc([N+](=O)[O-])cc1)NCC1CCOC1)c1ccccc1. The minimum Gasteiger partial charge on any atom is -0.381 e. The van der Waals surface area contributed by atoms with Gasteiger partial charge in [-0.15, -0.1) is 0 Å². The van der Waals surface area contributed by atoms with E-state index in [-0.39, 0.29) is 11.7 Å². The van der Waals surface area contributed by atoms with Crippen LogP contribution in [0, 0.1) is 16.0 Å². The molecular weight excluding hydrogens is 356 g/mol. The highest BCUT2D eigenvalue weighted by Gasteiger charge is 2.16. The molecule has 0 amide bonds. The molecule has 2 unspecified atom stereocenters. The lowest BCUT2D eigenvalue weighted by Gasteiger charge is -2.20. The van der Waals surface area contributed by atoms with Crippen LogP contribution in [0.15, 0.2) is 59.6 Å². The first kappa shape index (κ1) is 19.8. The summed E-state index contributed by atoms with van der Waals surface area (Å²) < 4.78 is 5.44. The van der Waals surface area contributed by atoms with Gasteiger partial charge in [-0.3, -0.25) is 10.1 Å². The van der Waals surface area contributed by atoms with Gasteiger partial charge < -0.3 is 15.4 Å². The van der Waals surface area contributed by atoms with Crippen LogP contribution in [-0.4, -0.2) is 30.6 Å². The van der Waals surface area contributed by atoms with Crippen molar-refractivity contribution in [3.05, 3.63) is 75.8 Å². The molecule has 0 aliphatic carbocycles. The lowest BCUT2D eigenvalue weighted by molar-refractivity contribution is -0.384. The van der Waals surface area contributed by atoms with Gasteiger partial charge in [0.1, 0.15) is 0 Å². The molecule has 0 saturated carbocycles. The number of non-ortho nitro benzene ring substituents is 1. The smallest absolute Gasteiger partial charge is 0.269 e. The Hall–Kier alpha value is -2.93. The van der Waals surface area contributed by atoms with Crippen molar-refractivity contribution < 1.29 is 9.66 Å². The van der Waals surface area contributed by atoms with Crippen LogP contribution in [0.5, 0.6) is 0 Å². The second-order valence-electron chi connectivity index (χ2n) is 6.98. The first-order valence-corrected chi connectivity index (χ1v) is 9.52. The lowest BCUT2D eigenvalue weighted by atomic mass is 10.1. The third-order valence-corrected chi connectivity index (χ3v) is 4.80. The minimum absolute atomic E-state index is 0.0862. The zero-order chi connectivity index (χ0) is 19.8. The van der Waals surface area contributed by atoms with Crippen LogP contribution in [0.4, 0.5) is 5.69 Å². The number of nitrogens with one attached hydrogen (secondary N) is 2. The average molecular weight is 382 g/mol. The third kappa shape index (κ3) is 5.79. The molecule has 7 heteroatoms. The van der Waals surface area contributed by atoms with Crippen LogP contribution in [0.3, 0.4) is 0 Å². The van der Waals surface area contributed by atoms with Crippen molar-refractivity contribution in [3.63, 3.8) is 0 Å². The molecule has 1 aliphatic rings. The van der Waals surface area contributed by atoms with Crippen molar-refractivity contribution in [1.29, 1.82) is 0 Å². The van der Waals surface area contributed by atoms with Crippen LogP contribution in [-0.2, 0) is 11.3 Å². The maximum Gasteiger partial charge on any atom is 0.269 e. The summed E-state index contributed by atoms with van der Waals surface area (Å²) >= 11 is 0. The number of rotatable bonds is 7. The number of hydrogen-bond acceptors (Lipinski definition) is 4. The monoisotopic (exact) mass is 382 g/mol. The zero-order valence-corrected chi connectivity index (χ0v) is 16.0. The predicted molar refractivity (Wildman–Crippen MR) is 109 cm³/mol. The van der Waals surface area contributed by atoms with E-state index in [4.69, 9.17) is 4.74 Å². The number of hydrogen-bond donors (Lipinski definition) is 2. The number of nitro groups is 1. The standard InChI is InChI=1S/C21H26N4O3/c1-16(19-5-3-2-4-6-19)24-21(23-14-18-11-12-28-15-18)22-13-17-7-9-20(10-8-17)25(26)27/h2-10,16,18H,11-15H2,1H3,(H2,22,23,24). The molecule has 3 rings (SSSR count). The van der Waals surface area contributed by atoms with Gasteiger partial charge in [0.05, 0.1) is 24.1 Å². The van der Waals surface area contributed by atoms with Gasteiger partial charge in [0.15, 0.2) is 5.96 Å². The molecule has 2 aromatic rings. The zero-order valence-electron chi connectivity index (χ0n) is 16.0. The van der Waals surface area contributed by atoms with Crippen molar-refractivity contribution in [2.75, 3.05) is 19.8 Å². The molecule has 1 heterocycles. The molecule has 7 nitrogen and oxygen atoms in total. The van der Waals surface area contributed by atoms with Gasteiger partial charge in [-0.05, 0) is 24.5 Å². The lowest BCUT2D eigenvalue weighted by Crippen LogP contribution is -2.41. The molecule has 0 spiro atoms. The highest BCUT2D eigenvalue weighted by molar-refractivity contribution is 5.80. The summed E-state index contributed by atoms with van der Waals surface area (Å²) in [6, 6.07) is 16.8. The predicted octanol–water partition coefficient (Wildman–Crippen LogP) is 3.43. The third-order valence-electron chi connectivity index (χ3n) is 4.80. The van der Waals surface area contributed by atoms with E-state index in [1.165, 1.54) is 17.7 Å². The number of aliphatic imine (C=N–C) groups is 1. The van der Waals surface area contributed by atoms with Crippen LogP contribution < -0.4 is 10.6 Å². The molecule has 2 aromatic carbocycles. The molecule has 2 N–H and O–H groups in total. The summed E-state index contributed by atoms with van der Waals surface area (Å²) in [4.78, 5) is 15.1. The molecule has 148 valence electrons. The number of nitrogens with zero attached hydrogens (tertiary/aromatic N) is 2. The van der Waals surface area contributed by atoms with Gasteiger partial charge in [-0.25, -0.2) is 4.99 Å². The second-order valence-corrected chi connectivity index (χ2v) is 6.98. The normalized spacial score (nSPS) is 17.9. The van der Waals surface area contributed by atoms with E-state index in [1.807, 2.05) is 18.2 Å². The highest BCUT2D eigenvalue weighted by atomic mass is 16.6. The van der Waals surface area contributed by atoms with Crippen molar-refractivity contribution in [2.45, 2.75) is 25.9 Å². The van der Waals surface area contributed by atoms with Crippen LogP contribution >= 0.6 is 0 Å². The highest BCUT2D eigenvalue weighted by Crippen LogP contribution is 2.14. The quantitative estimate of drug-likeness (QED) is 0.331. The topological polar surface area (TPSA) is 88.8 Å². The van der Waals surface area contributed by atoms with Crippen LogP contribution in [0.1, 0.15) is 30.5 Å². The van der Waals surface area contributed by atoms with E-state index in [9.17, 15) is 10.1 Å². The fraction of sp³-hybridized carbons (Fsp3) is 0.381. The van der Waals surface area contributed by atoms with E-state index in [1.54, 1.807) is 12.1 Å². The molecule has 1 aliphatic heterocycles. The molecule has 28 heavy (non-hydrogen) atoms. The van der Waals surface area contributed by atoms with Gasteiger partial charge in [-0.1, -0.05) is 42.5 Å². The van der Waals surface area contributed by atoms with Crippen molar-refractivity contribution >= 4 is 11.6 Å². The van der Waals surface area contributed by atoms with Gasteiger partial charge in [0, 0.05) is 31.2 Å². The van der Waals surface area contributed by atoms with E-state index in [0.717, 1.165) is 37.7 Å². The van der Waals surface area contributed by atoms with Crippen molar-refractivity contribution in [2.24, 2.45) is 10.9 Å². The van der Waals surface area contributed by atoms with Crippen molar-refractivity contribution in [1.82, 2.24) is 10.6 Å². The minimum atomic E-state index is -0.396. The Bertz CT molecular complexity index is 787. The van der Waals surface area contributed by atoms with E-state index in [2.05, 4.69) is 34.7 Å². The summed E-state index contributed by atoms with van der Waals surface area (Å²) in [5.74, 6) is 1.21. The van der Waals surface area contributed by atoms with Gasteiger partial charge in [0.2, 0.25) is 0 Å². The summed E-state index contributed by atoms with van der Waals surface area (Å²) in [6.07, 6.45) is 1.05. The Labute approximate surface area is 165 Å². The molecule has 1 fully saturated rings. The van der Waals surface area contributed by atoms with Crippen molar-refractivity contribution in [3.8, 4) is 0 Å². The molecular formula is C21H26N4O3. The Morgan fingerprint density at radius 2 is 2.00 bits per heavy atom. The molecule has 1 saturated heterocycles. The number of ether oxygens (including phenoxy) is 1. The van der Waals surface area contributed by atoms with E-state index < -0.39 is 4.92 Å². The maximum absolute atomic E-state index is 10.8. The van der Waals surface area contributed by atoms with E-state index >= 15 is 0 Å². The summed E-state index contributed by atoms with van der Waals surface area (Å²) in [5.41, 5.74) is 2.18. The first-order chi connectivity index (χ1) is 13.6. The summed E-state index contributed by atoms with van der Waals surface area (Å²) in [5, 5.41) is 17.7. The fourth-order valence-electron chi connectivity index (χ4n) is 3.06. The number of nitro benzene ring substituents is 1. The van der Waals surface area contributed by atoms with Crippen LogP contribution in [0.2, 0.25) is 0 Å². The maximum atomic E-state index is 10.8. The fourth-order valence-corrected chi connectivity index (χ4v) is 3.06. The molecule has 0 aromatic heterocycles. The molecule has 0 bridgehead atoms. The number of benzene rings is 2. The summed E-state index contributed by atoms with van der Waals surface area (Å²) in [7, 11) is 0. The first-order valence-electron chi connectivity index (χ1n) is 9.52. The Kier molecular flexibility index (Phi) is 6.97. The Morgan fingerprint density at radius 1 is 1.25 bits per heavy atom. The van der Waals surface area contributed by atoms with Gasteiger partial charge in [0.25, 0.3) is 5.69 Å². The average Bonchev–Trinajstić information content (AvgIpc) is 3.24. The Balaban J connectivity index is 1.66. The molecule has 2 atom stereocenters.